The Morgan fingerprint density at radius 1 is 1.22 bits per heavy atom. The Kier molecular flexibility index (Phi) is 2.33. The fourth-order valence-electron chi connectivity index (χ4n) is 5.49. The van der Waals surface area contributed by atoms with E-state index in [4.69, 9.17) is 5.73 Å². The molecule has 1 saturated heterocycles. The molecule has 3 heteroatoms. The zero-order chi connectivity index (χ0) is 12.4. The highest BCUT2D eigenvalue weighted by Gasteiger charge is 2.68. The van der Waals surface area contributed by atoms with E-state index in [0.717, 1.165) is 36.6 Å². The largest absolute Gasteiger partial charge is 0.338 e. The van der Waals surface area contributed by atoms with Crippen LogP contribution >= 0.6 is 0 Å². The monoisotopic (exact) mass is 248 g/mol. The van der Waals surface area contributed by atoms with Crippen LogP contribution in [0.3, 0.4) is 0 Å². The van der Waals surface area contributed by atoms with Crippen LogP contribution < -0.4 is 5.73 Å². The molecule has 3 nitrogen and oxygen atoms in total. The Morgan fingerprint density at radius 3 is 2.50 bits per heavy atom. The van der Waals surface area contributed by atoms with Gasteiger partial charge in [0.15, 0.2) is 0 Å². The van der Waals surface area contributed by atoms with Crippen molar-refractivity contribution in [3.05, 3.63) is 0 Å². The van der Waals surface area contributed by atoms with Gasteiger partial charge in [0.25, 0.3) is 0 Å². The molecule has 3 aliphatic carbocycles. The predicted molar refractivity (Wildman–Crippen MR) is 69.6 cm³/mol. The Bertz CT molecular complexity index is 367. The average molecular weight is 248 g/mol. The van der Waals surface area contributed by atoms with Crippen molar-refractivity contribution in [2.24, 2.45) is 41.2 Å². The highest BCUT2D eigenvalue weighted by Crippen LogP contribution is 2.69. The minimum atomic E-state index is 0.316. The molecule has 6 unspecified atom stereocenters. The molecular formula is C15H24N2O. The molecule has 0 aromatic carbocycles. The van der Waals surface area contributed by atoms with Crippen LogP contribution in [0.25, 0.3) is 0 Å². The van der Waals surface area contributed by atoms with Crippen LogP contribution in [0.15, 0.2) is 0 Å². The number of carbonyl (C=O) groups is 1. The third kappa shape index (κ3) is 1.31. The van der Waals surface area contributed by atoms with E-state index < -0.39 is 0 Å². The summed E-state index contributed by atoms with van der Waals surface area (Å²) in [5.74, 6) is 4.78. The first-order valence-electron chi connectivity index (χ1n) is 7.73. The maximum atomic E-state index is 12.7. The van der Waals surface area contributed by atoms with Crippen molar-refractivity contribution >= 4 is 5.91 Å². The zero-order valence-corrected chi connectivity index (χ0v) is 11.2. The maximum Gasteiger partial charge on any atom is 0.226 e. The second-order valence-electron chi connectivity index (χ2n) is 7.11. The lowest BCUT2D eigenvalue weighted by Crippen LogP contribution is -2.43. The van der Waals surface area contributed by atoms with E-state index in [0.29, 0.717) is 30.3 Å². The standard InChI is InChI=1S/C15H24N2O/c1-8-4-5-17(11(8)7-16)15(18)14-12-9-2-3-10(6-9)13(12)14/h8-14H,2-7,16H2,1H3. The topological polar surface area (TPSA) is 46.3 Å². The number of carbonyl (C=O) groups excluding carboxylic acids is 1. The molecule has 3 saturated carbocycles. The highest BCUT2D eigenvalue weighted by atomic mass is 16.2. The van der Waals surface area contributed by atoms with E-state index in [9.17, 15) is 4.79 Å². The van der Waals surface area contributed by atoms with Gasteiger partial charge in [-0.15, -0.1) is 0 Å². The first-order chi connectivity index (χ1) is 8.72. The second-order valence-corrected chi connectivity index (χ2v) is 7.11. The number of hydrogen-bond acceptors (Lipinski definition) is 2. The number of fused-ring (bicyclic) bond motifs is 5. The normalized spacial score (nSPS) is 52.8. The molecule has 0 aromatic rings. The van der Waals surface area contributed by atoms with Crippen molar-refractivity contribution < 1.29 is 4.79 Å². The fourth-order valence-corrected chi connectivity index (χ4v) is 5.49. The summed E-state index contributed by atoms with van der Waals surface area (Å²) in [7, 11) is 0. The van der Waals surface area contributed by atoms with E-state index in [1.807, 2.05) is 0 Å². The first kappa shape index (κ1) is 11.3. The molecule has 1 heterocycles. The molecular weight excluding hydrogens is 224 g/mol. The summed E-state index contributed by atoms with van der Waals surface area (Å²) in [5, 5.41) is 0. The van der Waals surface area contributed by atoms with Crippen molar-refractivity contribution in [1.82, 2.24) is 4.90 Å². The molecule has 1 amide bonds. The number of nitrogens with zero attached hydrogens (tertiary/aromatic N) is 1. The van der Waals surface area contributed by atoms with Crippen LogP contribution in [-0.2, 0) is 4.79 Å². The lowest BCUT2D eigenvalue weighted by molar-refractivity contribution is -0.134. The lowest BCUT2D eigenvalue weighted by Gasteiger charge is -2.27. The van der Waals surface area contributed by atoms with Gasteiger partial charge in [-0.2, -0.15) is 0 Å². The summed E-state index contributed by atoms with van der Waals surface area (Å²) in [6, 6.07) is 0.316. The van der Waals surface area contributed by atoms with Gasteiger partial charge in [-0.3, -0.25) is 4.79 Å². The molecule has 18 heavy (non-hydrogen) atoms. The Labute approximate surface area is 109 Å². The molecule has 0 aromatic heterocycles. The van der Waals surface area contributed by atoms with Crippen LogP contribution in [0.2, 0.25) is 0 Å². The molecule has 0 radical (unpaired) electrons. The summed E-state index contributed by atoms with van der Waals surface area (Å²) < 4.78 is 0. The highest BCUT2D eigenvalue weighted by molar-refractivity contribution is 5.83. The first-order valence-corrected chi connectivity index (χ1v) is 7.73. The molecule has 100 valence electrons. The fraction of sp³-hybridized carbons (Fsp3) is 0.933. The van der Waals surface area contributed by atoms with Gasteiger partial charge in [0, 0.05) is 25.0 Å². The van der Waals surface area contributed by atoms with Gasteiger partial charge >= 0.3 is 0 Å². The number of likely N-dealkylation sites (tertiary alicyclic amines) is 1. The van der Waals surface area contributed by atoms with Crippen molar-refractivity contribution in [3.8, 4) is 0 Å². The van der Waals surface area contributed by atoms with Crippen molar-refractivity contribution in [2.75, 3.05) is 13.1 Å². The second kappa shape index (κ2) is 3.72. The summed E-state index contributed by atoms with van der Waals surface area (Å²) in [5.41, 5.74) is 5.86. The molecule has 4 rings (SSSR count). The smallest absolute Gasteiger partial charge is 0.226 e. The quantitative estimate of drug-likeness (QED) is 0.804. The number of rotatable bonds is 2. The summed E-state index contributed by atoms with van der Waals surface area (Å²) in [6.07, 6.45) is 5.36. The lowest BCUT2D eigenvalue weighted by atomic mass is 10.0. The minimum Gasteiger partial charge on any atom is -0.338 e. The molecule has 1 aliphatic heterocycles. The van der Waals surface area contributed by atoms with Crippen LogP contribution in [-0.4, -0.2) is 29.9 Å². The van der Waals surface area contributed by atoms with Crippen molar-refractivity contribution in [1.29, 1.82) is 0 Å². The number of nitrogens with two attached hydrogens (primary N) is 1. The van der Waals surface area contributed by atoms with Gasteiger partial charge in [-0.05, 0) is 55.3 Å². The molecule has 6 atom stereocenters. The van der Waals surface area contributed by atoms with Gasteiger partial charge in [0.1, 0.15) is 0 Å². The van der Waals surface area contributed by atoms with E-state index >= 15 is 0 Å². The zero-order valence-electron chi connectivity index (χ0n) is 11.2. The van der Waals surface area contributed by atoms with Crippen LogP contribution in [0.4, 0.5) is 0 Å². The van der Waals surface area contributed by atoms with Gasteiger partial charge in [-0.25, -0.2) is 0 Å². The van der Waals surface area contributed by atoms with E-state index in [-0.39, 0.29) is 0 Å². The number of amides is 1. The third-order valence-electron chi connectivity index (χ3n) is 6.43. The van der Waals surface area contributed by atoms with Gasteiger partial charge in [0.2, 0.25) is 5.91 Å². The van der Waals surface area contributed by atoms with Crippen molar-refractivity contribution in [2.45, 2.75) is 38.6 Å². The molecule has 2 N–H and O–H groups in total. The maximum absolute atomic E-state index is 12.7. The van der Waals surface area contributed by atoms with Crippen LogP contribution in [0, 0.1) is 35.5 Å². The Morgan fingerprint density at radius 2 is 1.89 bits per heavy atom. The summed E-state index contributed by atoms with van der Waals surface area (Å²) in [4.78, 5) is 14.9. The summed E-state index contributed by atoms with van der Waals surface area (Å²) >= 11 is 0. The van der Waals surface area contributed by atoms with Crippen molar-refractivity contribution in [3.63, 3.8) is 0 Å². The minimum absolute atomic E-state index is 0.316. The molecule has 2 bridgehead atoms. The van der Waals surface area contributed by atoms with Gasteiger partial charge in [-0.1, -0.05) is 6.92 Å². The molecule has 4 fully saturated rings. The van der Waals surface area contributed by atoms with E-state index in [1.54, 1.807) is 0 Å². The van der Waals surface area contributed by atoms with Gasteiger partial charge < -0.3 is 10.6 Å². The average Bonchev–Trinajstić information content (AvgIpc) is 2.71. The van der Waals surface area contributed by atoms with E-state index in [2.05, 4.69) is 11.8 Å². The Balaban J connectivity index is 1.49. The predicted octanol–water partition coefficient (Wildman–Crippen LogP) is 1.47. The molecule has 0 spiro atoms. The number of hydrogen-bond donors (Lipinski definition) is 1. The molecule has 4 aliphatic rings. The Hall–Kier alpha value is -0.570. The third-order valence-corrected chi connectivity index (χ3v) is 6.43. The SMILES string of the molecule is CC1CCN(C(=O)C2C3C4CCC(C4)C23)C1CN. The van der Waals surface area contributed by atoms with Gasteiger partial charge in [0.05, 0.1) is 0 Å². The van der Waals surface area contributed by atoms with Crippen LogP contribution in [0.1, 0.15) is 32.6 Å². The summed E-state index contributed by atoms with van der Waals surface area (Å²) in [6.45, 7) is 3.83. The van der Waals surface area contributed by atoms with Crippen LogP contribution in [0.5, 0.6) is 0 Å². The van der Waals surface area contributed by atoms with E-state index in [1.165, 1.54) is 19.3 Å².